The van der Waals surface area contributed by atoms with Crippen LogP contribution in [0.2, 0.25) is 0 Å². The number of para-hydroxylation sites is 1. The quantitative estimate of drug-likeness (QED) is 0.630. The van der Waals surface area contributed by atoms with Crippen LogP contribution in [0, 0.1) is 12.7 Å². The fraction of sp³-hybridized carbons (Fsp3) is 0.350. The number of carbonyl (C=O) groups excluding carboxylic acids is 1. The standard InChI is InChI=1S/C20H20FN3O5/c1-11-23-15(8-16(25)26-2)17(20-27-6-7-28-20)19(24-11)22-9-12-4-3-5-13-14(21)10-29-18(12)13/h3-5,10,20H,6-9H2,1-2H3,(H,22,23,24). The minimum Gasteiger partial charge on any atom is -0.469 e. The largest absolute Gasteiger partial charge is 0.469 e. The molecule has 4 rings (SSSR count). The van der Waals surface area contributed by atoms with Crippen LogP contribution in [0.5, 0.6) is 0 Å². The summed E-state index contributed by atoms with van der Waals surface area (Å²) in [6.45, 7) is 2.91. The van der Waals surface area contributed by atoms with Gasteiger partial charge in [-0.15, -0.1) is 0 Å². The first-order valence-corrected chi connectivity index (χ1v) is 9.12. The summed E-state index contributed by atoms with van der Waals surface area (Å²) in [6.07, 6.45) is 0.365. The Labute approximate surface area is 166 Å². The Morgan fingerprint density at radius 3 is 2.86 bits per heavy atom. The van der Waals surface area contributed by atoms with E-state index in [0.717, 1.165) is 11.8 Å². The number of nitrogens with zero attached hydrogens (tertiary/aromatic N) is 2. The molecule has 0 radical (unpaired) electrons. The molecule has 1 N–H and O–H groups in total. The summed E-state index contributed by atoms with van der Waals surface area (Å²) < 4.78 is 35.2. The van der Waals surface area contributed by atoms with E-state index in [2.05, 4.69) is 15.3 Å². The highest BCUT2D eigenvalue weighted by Crippen LogP contribution is 2.32. The van der Waals surface area contributed by atoms with Crippen molar-refractivity contribution < 1.29 is 27.8 Å². The first-order valence-electron chi connectivity index (χ1n) is 9.12. The van der Waals surface area contributed by atoms with E-state index in [9.17, 15) is 9.18 Å². The molecule has 3 aromatic rings. The Hall–Kier alpha value is -3.04. The zero-order chi connectivity index (χ0) is 20.4. The van der Waals surface area contributed by atoms with Gasteiger partial charge in [-0.2, -0.15) is 0 Å². The lowest BCUT2D eigenvalue weighted by Gasteiger charge is -2.19. The summed E-state index contributed by atoms with van der Waals surface area (Å²) in [6, 6.07) is 5.26. The molecule has 0 unspecified atom stereocenters. The van der Waals surface area contributed by atoms with E-state index < -0.39 is 18.1 Å². The van der Waals surface area contributed by atoms with Gasteiger partial charge in [0.2, 0.25) is 0 Å². The van der Waals surface area contributed by atoms with Crippen LogP contribution in [-0.4, -0.2) is 36.3 Å². The van der Waals surface area contributed by atoms with E-state index in [-0.39, 0.29) is 6.42 Å². The van der Waals surface area contributed by atoms with Gasteiger partial charge in [0.1, 0.15) is 23.5 Å². The van der Waals surface area contributed by atoms with Crippen molar-refractivity contribution in [3.63, 3.8) is 0 Å². The van der Waals surface area contributed by atoms with Crippen LogP contribution in [0.4, 0.5) is 10.2 Å². The third-order valence-corrected chi connectivity index (χ3v) is 4.61. The maximum atomic E-state index is 13.8. The van der Waals surface area contributed by atoms with Gasteiger partial charge in [-0.1, -0.05) is 12.1 Å². The lowest BCUT2D eigenvalue weighted by atomic mass is 10.1. The Morgan fingerprint density at radius 1 is 1.31 bits per heavy atom. The van der Waals surface area contributed by atoms with Crippen LogP contribution in [0.25, 0.3) is 11.0 Å². The third kappa shape index (κ3) is 3.92. The van der Waals surface area contributed by atoms with E-state index in [1.807, 2.05) is 6.07 Å². The number of methoxy groups -OCH3 is 1. The van der Waals surface area contributed by atoms with Crippen molar-refractivity contribution in [2.75, 3.05) is 25.6 Å². The predicted octanol–water partition coefficient (Wildman–Crippen LogP) is 3.04. The van der Waals surface area contributed by atoms with Crippen molar-refractivity contribution in [3.8, 4) is 0 Å². The molecule has 0 spiro atoms. The van der Waals surface area contributed by atoms with Gasteiger partial charge in [-0.25, -0.2) is 14.4 Å². The summed E-state index contributed by atoms with van der Waals surface area (Å²) in [4.78, 5) is 20.7. The van der Waals surface area contributed by atoms with E-state index in [1.165, 1.54) is 7.11 Å². The van der Waals surface area contributed by atoms with E-state index >= 15 is 0 Å². The topological polar surface area (TPSA) is 95.7 Å². The normalized spacial score (nSPS) is 14.4. The number of furan rings is 1. The van der Waals surface area contributed by atoms with Gasteiger partial charge >= 0.3 is 5.97 Å². The van der Waals surface area contributed by atoms with Crippen LogP contribution in [0.15, 0.2) is 28.9 Å². The van der Waals surface area contributed by atoms with Gasteiger partial charge in [0.05, 0.1) is 43.4 Å². The summed E-state index contributed by atoms with van der Waals surface area (Å²) in [7, 11) is 1.32. The molecule has 2 aromatic heterocycles. The molecule has 1 aliphatic heterocycles. The number of esters is 1. The molecule has 0 saturated carbocycles. The number of hydrogen-bond acceptors (Lipinski definition) is 8. The van der Waals surface area contributed by atoms with Gasteiger partial charge in [0, 0.05) is 12.1 Å². The number of aromatic nitrogens is 2. The van der Waals surface area contributed by atoms with Crippen LogP contribution < -0.4 is 5.32 Å². The number of halogens is 1. The van der Waals surface area contributed by atoms with Gasteiger partial charge in [0.25, 0.3) is 0 Å². The monoisotopic (exact) mass is 401 g/mol. The van der Waals surface area contributed by atoms with Crippen LogP contribution in [0.1, 0.15) is 28.9 Å². The number of rotatable bonds is 6. The minimum absolute atomic E-state index is 0.0356. The van der Waals surface area contributed by atoms with Crippen molar-refractivity contribution in [1.82, 2.24) is 9.97 Å². The molecule has 1 aromatic carbocycles. The number of fused-ring (bicyclic) bond motifs is 1. The van der Waals surface area contributed by atoms with Crippen LogP contribution in [0.3, 0.4) is 0 Å². The Balaban J connectivity index is 1.69. The van der Waals surface area contributed by atoms with Crippen molar-refractivity contribution in [2.24, 2.45) is 0 Å². The van der Waals surface area contributed by atoms with Crippen molar-refractivity contribution in [2.45, 2.75) is 26.2 Å². The highest BCUT2D eigenvalue weighted by Gasteiger charge is 2.28. The summed E-state index contributed by atoms with van der Waals surface area (Å²) in [5.74, 6) is 0.125. The average molecular weight is 401 g/mol. The third-order valence-electron chi connectivity index (χ3n) is 4.61. The SMILES string of the molecule is COC(=O)Cc1nc(C)nc(NCc2cccc3c(F)coc23)c1C1OCCO1. The number of nitrogens with one attached hydrogen (secondary N) is 1. The van der Waals surface area contributed by atoms with Crippen molar-refractivity contribution in [3.05, 3.63) is 52.9 Å². The summed E-state index contributed by atoms with van der Waals surface area (Å²) >= 11 is 0. The second kappa shape index (κ2) is 8.14. The number of benzene rings is 1. The molecular weight excluding hydrogens is 381 g/mol. The molecular formula is C20H20FN3O5. The number of hydrogen-bond donors (Lipinski definition) is 1. The van der Waals surface area contributed by atoms with Gasteiger partial charge in [-0.3, -0.25) is 4.79 Å². The van der Waals surface area contributed by atoms with Gasteiger partial charge in [0.15, 0.2) is 12.1 Å². The lowest BCUT2D eigenvalue weighted by Crippen LogP contribution is -2.17. The fourth-order valence-corrected chi connectivity index (χ4v) is 3.29. The van der Waals surface area contributed by atoms with Crippen LogP contribution in [-0.2, 0) is 32.0 Å². The molecule has 8 nitrogen and oxygen atoms in total. The molecule has 3 heterocycles. The average Bonchev–Trinajstić information content (AvgIpc) is 3.36. The first-order chi connectivity index (χ1) is 14.1. The number of aryl methyl sites for hydroxylation is 1. The molecule has 0 atom stereocenters. The molecule has 1 saturated heterocycles. The van der Waals surface area contributed by atoms with E-state index in [1.54, 1.807) is 19.1 Å². The maximum Gasteiger partial charge on any atom is 0.311 e. The van der Waals surface area contributed by atoms with Gasteiger partial charge in [-0.05, 0) is 13.0 Å². The molecule has 152 valence electrons. The summed E-state index contributed by atoms with van der Waals surface area (Å²) in [5, 5.41) is 3.65. The lowest BCUT2D eigenvalue weighted by molar-refractivity contribution is -0.139. The van der Waals surface area contributed by atoms with Gasteiger partial charge < -0.3 is 23.9 Å². The highest BCUT2D eigenvalue weighted by atomic mass is 19.1. The highest BCUT2D eigenvalue weighted by molar-refractivity contribution is 5.81. The Kier molecular flexibility index (Phi) is 5.41. The summed E-state index contributed by atoms with van der Waals surface area (Å²) in [5.41, 5.74) is 2.25. The van der Waals surface area contributed by atoms with Crippen LogP contribution >= 0.6 is 0 Å². The number of carbonyl (C=O) groups is 1. The number of anilines is 1. The zero-order valence-corrected chi connectivity index (χ0v) is 16.0. The first kappa shape index (κ1) is 19.3. The maximum absolute atomic E-state index is 13.8. The predicted molar refractivity (Wildman–Crippen MR) is 101 cm³/mol. The smallest absolute Gasteiger partial charge is 0.311 e. The number of ether oxygens (including phenoxy) is 3. The second-order valence-electron chi connectivity index (χ2n) is 6.54. The molecule has 29 heavy (non-hydrogen) atoms. The Morgan fingerprint density at radius 2 is 2.10 bits per heavy atom. The molecule has 0 amide bonds. The fourth-order valence-electron chi connectivity index (χ4n) is 3.29. The van der Waals surface area contributed by atoms with Crippen molar-refractivity contribution in [1.29, 1.82) is 0 Å². The molecule has 1 aliphatic rings. The molecule has 1 fully saturated rings. The zero-order valence-electron chi connectivity index (χ0n) is 16.0. The second-order valence-corrected chi connectivity index (χ2v) is 6.54. The molecule has 0 bridgehead atoms. The van der Waals surface area contributed by atoms with Crippen molar-refractivity contribution >= 4 is 22.8 Å². The minimum atomic E-state index is -0.686. The molecule has 9 heteroatoms. The molecule has 0 aliphatic carbocycles. The van der Waals surface area contributed by atoms with E-state index in [0.29, 0.717) is 53.6 Å². The van der Waals surface area contributed by atoms with E-state index in [4.69, 9.17) is 18.6 Å². The Bertz CT molecular complexity index is 1050.